The Morgan fingerprint density at radius 1 is 1.02 bits per heavy atom. The van der Waals surface area contributed by atoms with Gasteiger partial charge < -0.3 is 29.7 Å². The fourth-order valence-electron chi connectivity index (χ4n) is 5.97. The summed E-state index contributed by atoms with van der Waals surface area (Å²) in [6, 6.07) is 23.8. The van der Waals surface area contributed by atoms with E-state index < -0.39 is 18.4 Å². The highest BCUT2D eigenvalue weighted by atomic mass is 16.7. The molecule has 9 nitrogen and oxygen atoms in total. The van der Waals surface area contributed by atoms with Gasteiger partial charge in [0.1, 0.15) is 0 Å². The number of esters is 1. The largest absolute Gasteiger partial charge is 0.453 e. The summed E-state index contributed by atoms with van der Waals surface area (Å²) in [4.78, 5) is 25.9. The van der Waals surface area contributed by atoms with Crippen LogP contribution in [0.3, 0.4) is 0 Å². The number of nitrogens with zero attached hydrogens (tertiary/aromatic N) is 1. The predicted molar refractivity (Wildman–Crippen MR) is 165 cm³/mol. The van der Waals surface area contributed by atoms with Gasteiger partial charge in [0.2, 0.25) is 0 Å². The smallest absolute Gasteiger partial charge is 0.303 e. The van der Waals surface area contributed by atoms with Crippen molar-refractivity contribution >= 4 is 11.9 Å². The van der Waals surface area contributed by atoms with E-state index in [-0.39, 0.29) is 36.7 Å². The van der Waals surface area contributed by atoms with Gasteiger partial charge in [-0.3, -0.25) is 14.5 Å². The molecule has 9 heteroatoms. The first-order valence-electron chi connectivity index (χ1n) is 15.3. The lowest BCUT2D eigenvalue weighted by atomic mass is 9.90. The maximum Gasteiger partial charge on any atom is 0.303 e. The maximum atomic E-state index is 12.4. The molecule has 2 saturated heterocycles. The lowest BCUT2D eigenvalue weighted by Gasteiger charge is -2.42. The highest BCUT2D eigenvalue weighted by Crippen LogP contribution is 2.42. The summed E-state index contributed by atoms with van der Waals surface area (Å²) < 4.78 is 18.2. The van der Waals surface area contributed by atoms with E-state index in [1.54, 1.807) is 6.92 Å². The number of amides is 1. The number of likely N-dealkylation sites (tertiary alicyclic amines) is 1. The van der Waals surface area contributed by atoms with Crippen molar-refractivity contribution in [2.24, 2.45) is 5.92 Å². The highest BCUT2D eigenvalue weighted by Gasteiger charge is 2.39. The molecule has 0 aliphatic carbocycles. The molecule has 6 unspecified atom stereocenters. The van der Waals surface area contributed by atoms with Gasteiger partial charge in [0, 0.05) is 44.6 Å². The molecule has 2 aliphatic rings. The second-order valence-corrected chi connectivity index (χ2v) is 11.8. The van der Waals surface area contributed by atoms with E-state index in [9.17, 15) is 19.8 Å². The summed E-state index contributed by atoms with van der Waals surface area (Å²) in [7, 11) is 0. The number of carbonyl (C=O) groups excluding carboxylic acids is 2. The van der Waals surface area contributed by atoms with Crippen molar-refractivity contribution in [3.05, 3.63) is 95.1 Å². The summed E-state index contributed by atoms with van der Waals surface area (Å²) in [5.41, 5.74) is 5.67. The molecular weight excluding hydrogens is 560 g/mol. The number of benzene rings is 3. The molecule has 0 aromatic heterocycles. The number of β-amino-alcohol motifs (C(OH)–C–C–N with tert-alkyl or cyclic N) is 1. The Labute approximate surface area is 258 Å². The van der Waals surface area contributed by atoms with Gasteiger partial charge in [0.05, 0.1) is 24.9 Å². The number of aliphatic hydroxyl groups excluding tert-OH is 2. The van der Waals surface area contributed by atoms with Crippen LogP contribution in [-0.4, -0.2) is 64.9 Å². The topological polar surface area (TPSA) is 118 Å². The number of hydrogen-bond donors (Lipinski definition) is 3. The number of rotatable bonds is 10. The molecule has 5 rings (SSSR count). The summed E-state index contributed by atoms with van der Waals surface area (Å²) in [6.07, 6.45) is -1.31. The maximum absolute atomic E-state index is 12.4. The molecule has 0 radical (unpaired) electrons. The van der Waals surface area contributed by atoms with Crippen molar-refractivity contribution < 1.29 is 34.0 Å². The normalized spacial score (nSPS) is 24.5. The number of ether oxygens (including phenoxy) is 3. The minimum atomic E-state index is -0.868. The molecule has 2 aliphatic heterocycles. The monoisotopic (exact) mass is 602 g/mol. The van der Waals surface area contributed by atoms with Crippen LogP contribution in [-0.2, 0) is 37.0 Å². The Kier molecular flexibility index (Phi) is 10.5. The van der Waals surface area contributed by atoms with Crippen LogP contribution in [0.1, 0.15) is 61.8 Å². The molecule has 0 spiro atoms. The lowest BCUT2D eigenvalue weighted by Crippen LogP contribution is -2.44. The van der Waals surface area contributed by atoms with Crippen LogP contribution in [0.25, 0.3) is 11.1 Å². The van der Waals surface area contributed by atoms with Crippen molar-refractivity contribution in [1.29, 1.82) is 0 Å². The van der Waals surface area contributed by atoms with Gasteiger partial charge in [0.15, 0.2) is 12.4 Å². The first-order valence-corrected chi connectivity index (χ1v) is 15.3. The van der Waals surface area contributed by atoms with Crippen molar-refractivity contribution in [3.8, 4) is 11.1 Å². The Hall–Kier alpha value is -3.60. The Bertz CT molecular complexity index is 1410. The van der Waals surface area contributed by atoms with Crippen LogP contribution in [0.2, 0.25) is 0 Å². The van der Waals surface area contributed by atoms with E-state index in [1.807, 2.05) is 72.8 Å². The fraction of sp³-hybridized carbons (Fsp3) is 0.429. The molecule has 3 N–H and O–H groups in total. The highest BCUT2D eigenvalue weighted by molar-refractivity contribution is 5.83. The zero-order chi connectivity index (χ0) is 31.2. The fourth-order valence-corrected chi connectivity index (χ4v) is 5.97. The van der Waals surface area contributed by atoms with E-state index in [2.05, 4.69) is 17.1 Å². The molecule has 6 atom stereocenters. The van der Waals surface area contributed by atoms with Gasteiger partial charge in [-0.15, -0.1) is 0 Å². The number of aliphatic hydroxyl groups is 2. The Morgan fingerprint density at radius 2 is 1.73 bits per heavy atom. The standard InChI is InChI=1S/C35H42N2O7/c1-22-32(20-37-17-16-30(40)19-37)43-35(44-33(22)27-10-8-25(21-38)9-11-27)28-14-12-26(13-15-28)31-7-5-4-6-29(31)18-36-34(41)23(2)42-24(3)39/h4-15,22-23,30,32-33,35,38,40H,16-21H2,1-3H3,(H,36,41). The summed E-state index contributed by atoms with van der Waals surface area (Å²) >= 11 is 0. The van der Waals surface area contributed by atoms with Crippen molar-refractivity contribution in [2.75, 3.05) is 19.6 Å². The van der Waals surface area contributed by atoms with Crippen LogP contribution in [0.4, 0.5) is 0 Å². The Morgan fingerprint density at radius 3 is 2.39 bits per heavy atom. The SMILES string of the molecule is CC(=O)OC(C)C(=O)NCc1ccccc1-c1ccc(C2OC(CN3CCC(O)C3)C(C)C(c3ccc(CO)cc3)O2)cc1. The zero-order valence-electron chi connectivity index (χ0n) is 25.5. The molecule has 44 heavy (non-hydrogen) atoms. The van der Waals surface area contributed by atoms with Gasteiger partial charge >= 0.3 is 5.97 Å². The molecule has 3 aromatic rings. The number of carbonyl (C=O) groups is 2. The molecule has 0 saturated carbocycles. The van der Waals surface area contributed by atoms with Crippen molar-refractivity contribution in [2.45, 2.75) is 71.0 Å². The second-order valence-electron chi connectivity index (χ2n) is 11.8. The third kappa shape index (κ3) is 7.72. The summed E-state index contributed by atoms with van der Waals surface area (Å²) in [6.45, 7) is 7.44. The van der Waals surface area contributed by atoms with Gasteiger partial charge in [0.25, 0.3) is 5.91 Å². The molecule has 1 amide bonds. The van der Waals surface area contributed by atoms with Crippen molar-refractivity contribution in [3.63, 3.8) is 0 Å². The molecule has 234 valence electrons. The third-order valence-electron chi connectivity index (χ3n) is 8.49. The van der Waals surface area contributed by atoms with Gasteiger partial charge in [-0.1, -0.05) is 79.7 Å². The van der Waals surface area contributed by atoms with Gasteiger partial charge in [-0.25, -0.2) is 0 Å². The number of hydrogen-bond acceptors (Lipinski definition) is 8. The second kappa shape index (κ2) is 14.5. The van der Waals surface area contributed by atoms with Crippen LogP contribution >= 0.6 is 0 Å². The summed E-state index contributed by atoms with van der Waals surface area (Å²) in [5, 5.41) is 22.5. The third-order valence-corrected chi connectivity index (χ3v) is 8.49. The minimum absolute atomic E-state index is 0.0117. The molecule has 3 aromatic carbocycles. The lowest BCUT2D eigenvalue weighted by molar-refractivity contribution is -0.276. The molecule has 2 heterocycles. The average Bonchev–Trinajstić information content (AvgIpc) is 3.45. The van der Waals surface area contributed by atoms with E-state index in [4.69, 9.17) is 14.2 Å². The number of nitrogens with one attached hydrogen (secondary N) is 1. The van der Waals surface area contributed by atoms with Crippen LogP contribution < -0.4 is 5.32 Å². The van der Waals surface area contributed by atoms with Gasteiger partial charge in [-0.2, -0.15) is 0 Å². The quantitative estimate of drug-likeness (QED) is 0.295. The zero-order valence-corrected chi connectivity index (χ0v) is 25.5. The van der Waals surface area contributed by atoms with Gasteiger partial charge in [-0.05, 0) is 41.2 Å². The molecular formula is C35H42N2O7. The first kappa shape index (κ1) is 31.8. The van der Waals surface area contributed by atoms with E-state index in [1.165, 1.54) is 6.92 Å². The van der Waals surface area contributed by atoms with E-state index in [0.717, 1.165) is 46.3 Å². The van der Waals surface area contributed by atoms with E-state index >= 15 is 0 Å². The predicted octanol–water partition coefficient (Wildman–Crippen LogP) is 4.27. The first-order chi connectivity index (χ1) is 21.2. The average molecular weight is 603 g/mol. The Balaban J connectivity index is 1.34. The van der Waals surface area contributed by atoms with Crippen molar-refractivity contribution in [1.82, 2.24) is 10.2 Å². The minimum Gasteiger partial charge on any atom is -0.453 e. The molecule has 2 fully saturated rings. The van der Waals surface area contributed by atoms with Crippen LogP contribution in [0.5, 0.6) is 0 Å². The van der Waals surface area contributed by atoms with Crippen LogP contribution in [0, 0.1) is 5.92 Å². The summed E-state index contributed by atoms with van der Waals surface area (Å²) in [5.74, 6) is -0.792. The molecule has 0 bridgehead atoms. The van der Waals surface area contributed by atoms with Crippen LogP contribution in [0.15, 0.2) is 72.8 Å². The van der Waals surface area contributed by atoms with E-state index in [0.29, 0.717) is 19.6 Å².